The van der Waals surface area contributed by atoms with Crippen molar-refractivity contribution >= 4 is 17.5 Å². The maximum absolute atomic E-state index is 14.1. The number of aromatic nitrogens is 2. The number of hydroxylamine groups is 1. The van der Waals surface area contributed by atoms with Gasteiger partial charge < -0.3 is 20.9 Å². The molecular weight excluding hydrogens is 399 g/mol. The second-order valence-electron chi connectivity index (χ2n) is 7.54. The molecule has 5 N–H and O–H groups in total. The van der Waals surface area contributed by atoms with Crippen LogP contribution in [0.3, 0.4) is 0 Å². The van der Waals surface area contributed by atoms with Gasteiger partial charge in [0.25, 0.3) is 0 Å². The summed E-state index contributed by atoms with van der Waals surface area (Å²) in [6.45, 7) is 9.17. The van der Waals surface area contributed by atoms with Crippen LogP contribution in [0.15, 0.2) is 30.0 Å². The molecule has 0 bridgehead atoms. The standard InChI is InChI=1S/C21H26FN5.CH5NO.H2O.2H2/c1-3-16-10-18-19(23-12-16)11-17(13-24-18)14-26-6-8-27(9-7-26)20-5-4-15(2)25-21(20)22;1-2-3;;;/h4-5,10-11,13,23H,3,6-9,12,14H2,1-2H3;2-3H,1H3;1H2;2*1H. The Morgan fingerprint density at radius 3 is 2.61 bits per heavy atom. The van der Waals surface area contributed by atoms with Crippen molar-refractivity contribution in [1.82, 2.24) is 20.3 Å². The largest absolute Gasteiger partial charge is 0.412 e. The highest BCUT2D eigenvalue weighted by molar-refractivity contribution is 5.69. The Kier molecular flexibility index (Phi) is 9.32. The number of hydrogen-bond acceptors (Lipinski definition) is 7. The van der Waals surface area contributed by atoms with Crippen LogP contribution in [-0.2, 0) is 6.54 Å². The summed E-state index contributed by atoms with van der Waals surface area (Å²) in [5.41, 5.74) is 7.83. The summed E-state index contributed by atoms with van der Waals surface area (Å²) >= 11 is 0. The van der Waals surface area contributed by atoms with Crippen molar-refractivity contribution in [3.63, 3.8) is 0 Å². The first-order valence-corrected chi connectivity index (χ1v) is 10.4. The van der Waals surface area contributed by atoms with Gasteiger partial charge in [-0.3, -0.25) is 9.88 Å². The van der Waals surface area contributed by atoms with Gasteiger partial charge in [-0.05, 0) is 48.8 Å². The zero-order chi connectivity index (χ0) is 21.5. The van der Waals surface area contributed by atoms with E-state index in [9.17, 15) is 4.39 Å². The molecule has 8 nitrogen and oxygen atoms in total. The Morgan fingerprint density at radius 2 is 1.97 bits per heavy atom. The zero-order valence-corrected chi connectivity index (χ0v) is 18.5. The van der Waals surface area contributed by atoms with Crippen molar-refractivity contribution in [2.75, 3.05) is 50.0 Å². The van der Waals surface area contributed by atoms with Crippen molar-refractivity contribution in [2.45, 2.75) is 26.8 Å². The normalized spacial score (nSPS) is 15.6. The molecule has 0 radical (unpaired) electrons. The van der Waals surface area contributed by atoms with E-state index in [0.29, 0.717) is 11.4 Å². The molecule has 0 unspecified atom stereocenters. The van der Waals surface area contributed by atoms with Crippen LogP contribution in [0.5, 0.6) is 0 Å². The number of aryl methyl sites for hydroxylation is 1. The first kappa shape index (κ1) is 24.7. The lowest BCUT2D eigenvalue weighted by Gasteiger charge is -2.36. The van der Waals surface area contributed by atoms with Gasteiger partial charge in [-0.1, -0.05) is 6.92 Å². The lowest BCUT2D eigenvalue weighted by Crippen LogP contribution is -2.46. The summed E-state index contributed by atoms with van der Waals surface area (Å²) < 4.78 is 14.1. The van der Waals surface area contributed by atoms with Gasteiger partial charge >= 0.3 is 0 Å². The molecule has 0 saturated carbocycles. The summed E-state index contributed by atoms with van der Waals surface area (Å²) in [5.74, 6) is -0.368. The minimum absolute atomic E-state index is 0. The van der Waals surface area contributed by atoms with Crippen LogP contribution in [0.25, 0.3) is 6.08 Å². The highest BCUT2D eigenvalue weighted by atomic mass is 19.1. The predicted molar refractivity (Wildman–Crippen MR) is 126 cm³/mol. The SMILES string of the molecule is CCC1=Cc2ncc(CN3CCN(c4ccc(C)nc4F)CC3)cc2NC1.CNO.O.[HH].[HH]. The lowest BCUT2D eigenvalue weighted by molar-refractivity contribution is 0.194. The van der Waals surface area contributed by atoms with Crippen LogP contribution in [-0.4, -0.2) is 65.3 Å². The smallest absolute Gasteiger partial charge is 0.236 e. The Morgan fingerprint density at radius 1 is 1.26 bits per heavy atom. The third kappa shape index (κ3) is 6.44. The van der Waals surface area contributed by atoms with Crippen LogP contribution in [0, 0.1) is 12.9 Å². The number of hydrogen-bond donors (Lipinski definition) is 3. The molecule has 0 spiro atoms. The molecule has 0 aliphatic carbocycles. The quantitative estimate of drug-likeness (QED) is 0.499. The van der Waals surface area contributed by atoms with Gasteiger partial charge in [0.2, 0.25) is 5.95 Å². The molecule has 1 fully saturated rings. The highest BCUT2D eigenvalue weighted by Crippen LogP contribution is 2.25. The second-order valence-corrected chi connectivity index (χ2v) is 7.54. The number of nitrogens with one attached hydrogen (secondary N) is 2. The van der Waals surface area contributed by atoms with Crippen molar-refractivity contribution in [1.29, 1.82) is 0 Å². The molecule has 4 rings (SSSR count). The van der Waals surface area contributed by atoms with Crippen LogP contribution >= 0.6 is 0 Å². The molecule has 4 heterocycles. The molecule has 2 aromatic heterocycles. The first-order valence-electron chi connectivity index (χ1n) is 10.4. The molecule has 0 atom stereocenters. The number of rotatable bonds is 4. The van der Waals surface area contributed by atoms with E-state index in [1.807, 2.05) is 25.3 Å². The fourth-order valence-electron chi connectivity index (χ4n) is 3.70. The Labute approximate surface area is 186 Å². The van der Waals surface area contributed by atoms with E-state index in [2.05, 4.69) is 44.2 Å². The van der Waals surface area contributed by atoms with Crippen molar-refractivity contribution in [3.05, 3.63) is 52.9 Å². The molecule has 0 aromatic carbocycles. The summed E-state index contributed by atoms with van der Waals surface area (Å²) in [7, 11) is 1.43. The Hall–Kier alpha value is -2.59. The van der Waals surface area contributed by atoms with E-state index in [4.69, 9.17) is 5.21 Å². The molecule has 2 aliphatic heterocycles. The van der Waals surface area contributed by atoms with Gasteiger partial charge in [0.05, 0.1) is 17.1 Å². The molecule has 174 valence electrons. The van der Waals surface area contributed by atoms with Gasteiger partial charge in [-0.25, -0.2) is 10.5 Å². The lowest BCUT2D eigenvalue weighted by atomic mass is 10.1. The molecule has 2 aromatic rings. The molecule has 0 amide bonds. The number of fused-ring (bicyclic) bond motifs is 1. The summed E-state index contributed by atoms with van der Waals surface area (Å²) in [6, 6.07) is 5.92. The molecular formula is C22H37FN6O2. The fraction of sp³-hybridized carbons (Fsp3) is 0.455. The molecule has 9 heteroatoms. The van der Waals surface area contributed by atoms with E-state index < -0.39 is 0 Å². The van der Waals surface area contributed by atoms with Crippen molar-refractivity contribution < 1.29 is 17.9 Å². The van der Waals surface area contributed by atoms with Gasteiger partial charge in [-0.2, -0.15) is 4.39 Å². The van der Waals surface area contributed by atoms with E-state index in [-0.39, 0.29) is 14.3 Å². The van der Waals surface area contributed by atoms with E-state index in [1.165, 1.54) is 18.2 Å². The number of pyridine rings is 2. The predicted octanol–water partition coefficient (Wildman–Crippen LogP) is 2.73. The summed E-state index contributed by atoms with van der Waals surface area (Å²) in [4.78, 5) is 13.1. The topological polar surface area (TPSA) is 108 Å². The third-order valence-electron chi connectivity index (χ3n) is 5.36. The summed E-state index contributed by atoms with van der Waals surface area (Å²) in [5, 5.41) is 10.8. The highest BCUT2D eigenvalue weighted by Gasteiger charge is 2.21. The Balaban J connectivity index is 0.00000162. The van der Waals surface area contributed by atoms with E-state index in [1.54, 1.807) is 5.48 Å². The maximum atomic E-state index is 14.1. The third-order valence-corrected chi connectivity index (χ3v) is 5.36. The average Bonchev–Trinajstić information content (AvgIpc) is 2.75. The fourth-order valence-corrected chi connectivity index (χ4v) is 3.70. The number of anilines is 2. The maximum Gasteiger partial charge on any atom is 0.236 e. The first-order chi connectivity index (χ1) is 14.5. The van der Waals surface area contributed by atoms with Crippen LogP contribution in [0.4, 0.5) is 15.8 Å². The molecule has 2 aliphatic rings. The van der Waals surface area contributed by atoms with Gasteiger partial charge in [0.15, 0.2) is 0 Å². The van der Waals surface area contributed by atoms with Gasteiger partial charge in [0.1, 0.15) is 0 Å². The Bertz CT molecular complexity index is 895. The zero-order valence-electron chi connectivity index (χ0n) is 18.5. The average molecular weight is 437 g/mol. The number of nitrogens with zero attached hydrogens (tertiary/aromatic N) is 4. The monoisotopic (exact) mass is 436 g/mol. The van der Waals surface area contributed by atoms with Gasteiger partial charge in [0, 0.05) is 61.1 Å². The minimum Gasteiger partial charge on any atom is -0.412 e. The van der Waals surface area contributed by atoms with E-state index >= 15 is 0 Å². The van der Waals surface area contributed by atoms with Crippen molar-refractivity contribution in [2.24, 2.45) is 0 Å². The second kappa shape index (κ2) is 11.7. The number of piperazine rings is 1. The summed E-state index contributed by atoms with van der Waals surface area (Å²) in [6.07, 6.45) is 5.22. The molecule has 31 heavy (non-hydrogen) atoms. The van der Waals surface area contributed by atoms with E-state index in [0.717, 1.165) is 57.1 Å². The van der Waals surface area contributed by atoms with Gasteiger partial charge in [-0.15, -0.1) is 0 Å². The van der Waals surface area contributed by atoms with Crippen LogP contribution in [0.2, 0.25) is 0 Å². The van der Waals surface area contributed by atoms with Crippen LogP contribution < -0.4 is 15.7 Å². The molecule has 1 saturated heterocycles. The van der Waals surface area contributed by atoms with Crippen LogP contribution in [0.1, 0.15) is 33.1 Å². The minimum atomic E-state index is -0.368. The number of halogens is 1. The van der Waals surface area contributed by atoms with Crippen molar-refractivity contribution in [3.8, 4) is 0 Å².